The predicted octanol–water partition coefficient (Wildman–Crippen LogP) is 4.60. The predicted molar refractivity (Wildman–Crippen MR) is 95.0 cm³/mol. The van der Waals surface area contributed by atoms with Crippen LogP contribution in [0, 0.1) is 5.82 Å². The van der Waals surface area contributed by atoms with Crippen molar-refractivity contribution in [1.29, 1.82) is 0 Å². The van der Waals surface area contributed by atoms with E-state index in [2.05, 4.69) is 5.16 Å². The number of hydrogen-bond acceptors (Lipinski definition) is 5. The molecular weight excluding hydrogens is 337 g/mol. The first-order valence-electron chi connectivity index (χ1n) is 8.39. The number of nitrogens with zero attached hydrogens (tertiary/aromatic N) is 1. The van der Waals surface area contributed by atoms with Gasteiger partial charge in [0.1, 0.15) is 17.3 Å². The Bertz CT molecular complexity index is 878. The van der Waals surface area contributed by atoms with Crippen LogP contribution in [0.2, 0.25) is 0 Å². The maximum absolute atomic E-state index is 14.3. The summed E-state index contributed by atoms with van der Waals surface area (Å²) in [4.78, 5) is 0. The average molecular weight is 357 g/mol. The highest BCUT2D eigenvalue weighted by Gasteiger charge is 2.13. The summed E-state index contributed by atoms with van der Waals surface area (Å²) in [5, 5.41) is 12.6. The van der Waals surface area contributed by atoms with Gasteiger partial charge in [0.25, 0.3) is 5.88 Å². The van der Waals surface area contributed by atoms with E-state index < -0.39 is 5.82 Å². The van der Waals surface area contributed by atoms with Crippen LogP contribution in [-0.4, -0.2) is 23.0 Å². The molecule has 3 rings (SSSR count). The van der Waals surface area contributed by atoms with Crippen molar-refractivity contribution in [2.24, 2.45) is 0 Å². The SMILES string of the molecule is CCOc1cccc(CC(C)Oc2ccc(-c3cc(O)no3)c(F)c2)c1. The second-order valence-corrected chi connectivity index (χ2v) is 5.90. The van der Waals surface area contributed by atoms with Gasteiger partial charge in [-0.15, -0.1) is 0 Å². The molecule has 0 amide bonds. The zero-order chi connectivity index (χ0) is 18.5. The number of benzene rings is 2. The fourth-order valence-electron chi connectivity index (χ4n) is 2.70. The monoisotopic (exact) mass is 357 g/mol. The van der Waals surface area contributed by atoms with E-state index in [9.17, 15) is 9.50 Å². The van der Waals surface area contributed by atoms with Crippen LogP contribution >= 0.6 is 0 Å². The van der Waals surface area contributed by atoms with E-state index in [-0.39, 0.29) is 23.3 Å². The van der Waals surface area contributed by atoms with Gasteiger partial charge in [-0.25, -0.2) is 4.39 Å². The maximum Gasteiger partial charge on any atom is 0.252 e. The molecule has 0 radical (unpaired) electrons. The van der Waals surface area contributed by atoms with E-state index in [0.717, 1.165) is 11.3 Å². The highest BCUT2D eigenvalue weighted by molar-refractivity contribution is 5.60. The van der Waals surface area contributed by atoms with Crippen molar-refractivity contribution in [1.82, 2.24) is 5.16 Å². The zero-order valence-electron chi connectivity index (χ0n) is 14.6. The second-order valence-electron chi connectivity index (χ2n) is 5.90. The summed E-state index contributed by atoms with van der Waals surface area (Å²) in [5.74, 6) is 0.602. The van der Waals surface area contributed by atoms with E-state index in [0.29, 0.717) is 18.8 Å². The van der Waals surface area contributed by atoms with Gasteiger partial charge in [-0.1, -0.05) is 12.1 Å². The van der Waals surface area contributed by atoms with Gasteiger partial charge in [0.05, 0.1) is 18.3 Å². The first-order valence-corrected chi connectivity index (χ1v) is 8.39. The molecular formula is C20H20FNO4. The fourth-order valence-corrected chi connectivity index (χ4v) is 2.70. The summed E-state index contributed by atoms with van der Waals surface area (Å²) >= 11 is 0. The van der Waals surface area contributed by atoms with Crippen molar-refractivity contribution in [2.45, 2.75) is 26.4 Å². The molecule has 0 aliphatic rings. The van der Waals surface area contributed by atoms with Crippen LogP contribution in [0.1, 0.15) is 19.4 Å². The van der Waals surface area contributed by atoms with E-state index >= 15 is 0 Å². The van der Waals surface area contributed by atoms with Crippen LogP contribution in [0.15, 0.2) is 53.1 Å². The van der Waals surface area contributed by atoms with Gasteiger partial charge < -0.3 is 19.1 Å². The molecule has 1 N–H and O–H groups in total. The van der Waals surface area contributed by atoms with E-state index in [4.69, 9.17) is 14.0 Å². The Morgan fingerprint density at radius 1 is 1.15 bits per heavy atom. The number of halogens is 1. The van der Waals surface area contributed by atoms with Crippen LogP contribution in [0.25, 0.3) is 11.3 Å². The Labute approximate surface area is 151 Å². The highest BCUT2D eigenvalue weighted by atomic mass is 19.1. The summed E-state index contributed by atoms with van der Waals surface area (Å²) in [6, 6.07) is 13.6. The average Bonchev–Trinajstić information content (AvgIpc) is 3.01. The number of rotatable bonds is 7. The Balaban J connectivity index is 1.67. The van der Waals surface area contributed by atoms with Crippen molar-refractivity contribution in [3.8, 4) is 28.7 Å². The number of ether oxygens (including phenoxy) is 2. The summed E-state index contributed by atoms with van der Waals surface area (Å²) in [7, 11) is 0. The van der Waals surface area contributed by atoms with Crippen molar-refractivity contribution in [3.63, 3.8) is 0 Å². The lowest BCUT2D eigenvalue weighted by Gasteiger charge is -2.16. The minimum absolute atomic E-state index is 0.147. The Hall–Kier alpha value is -3.02. The third-order valence-corrected chi connectivity index (χ3v) is 3.77. The molecule has 136 valence electrons. The first kappa shape index (κ1) is 17.8. The molecule has 3 aromatic rings. The number of aromatic hydroxyl groups is 1. The lowest BCUT2D eigenvalue weighted by molar-refractivity contribution is 0.221. The van der Waals surface area contributed by atoms with Crippen molar-refractivity contribution in [2.75, 3.05) is 6.61 Å². The van der Waals surface area contributed by atoms with Crippen molar-refractivity contribution in [3.05, 3.63) is 59.9 Å². The highest BCUT2D eigenvalue weighted by Crippen LogP contribution is 2.29. The molecule has 0 saturated carbocycles. The van der Waals surface area contributed by atoms with Gasteiger partial charge >= 0.3 is 0 Å². The molecule has 6 heteroatoms. The zero-order valence-corrected chi connectivity index (χ0v) is 14.6. The largest absolute Gasteiger partial charge is 0.494 e. The molecule has 5 nitrogen and oxygen atoms in total. The third kappa shape index (κ3) is 4.33. The fraction of sp³-hybridized carbons (Fsp3) is 0.250. The van der Waals surface area contributed by atoms with Crippen LogP contribution < -0.4 is 9.47 Å². The van der Waals surface area contributed by atoms with E-state index in [1.54, 1.807) is 6.07 Å². The molecule has 1 aromatic heterocycles. The second kappa shape index (κ2) is 7.91. The van der Waals surface area contributed by atoms with Gasteiger partial charge in [0.2, 0.25) is 0 Å². The smallest absolute Gasteiger partial charge is 0.252 e. The van der Waals surface area contributed by atoms with E-state index in [1.807, 2.05) is 38.1 Å². The Kier molecular flexibility index (Phi) is 5.41. The molecule has 0 bridgehead atoms. The van der Waals surface area contributed by atoms with E-state index in [1.165, 1.54) is 18.2 Å². The summed E-state index contributed by atoms with van der Waals surface area (Å²) < 4.78 is 30.5. The molecule has 0 saturated heterocycles. The van der Waals surface area contributed by atoms with Gasteiger partial charge in [0, 0.05) is 18.6 Å². The molecule has 0 spiro atoms. The topological polar surface area (TPSA) is 64.7 Å². The number of hydrogen-bond donors (Lipinski definition) is 1. The maximum atomic E-state index is 14.3. The molecule has 1 atom stereocenters. The third-order valence-electron chi connectivity index (χ3n) is 3.77. The molecule has 1 heterocycles. The molecule has 26 heavy (non-hydrogen) atoms. The standard InChI is InChI=1S/C20H20FNO4/c1-3-24-15-6-4-5-14(10-15)9-13(2)25-16-7-8-17(18(21)11-16)19-12-20(23)22-26-19/h4-8,10-13H,3,9H2,1-2H3,(H,22,23). The molecule has 2 aromatic carbocycles. The van der Waals surface area contributed by atoms with Crippen molar-refractivity contribution >= 4 is 0 Å². The lowest BCUT2D eigenvalue weighted by Crippen LogP contribution is -2.15. The molecule has 1 unspecified atom stereocenters. The normalized spacial score (nSPS) is 12.0. The minimum atomic E-state index is -0.510. The van der Waals surface area contributed by atoms with Gasteiger partial charge in [0.15, 0.2) is 5.76 Å². The van der Waals surface area contributed by atoms with Crippen molar-refractivity contribution < 1.29 is 23.5 Å². The first-order chi connectivity index (χ1) is 12.5. The lowest BCUT2D eigenvalue weighted by atomic mass is 10.1. The van der Waals surface area contributed by atoms with Gasteiger partial charge in [-0.3, -0.25) is 0 Å². The Morgan fingerprint density at radius 2 is 2.00 bits per heavy atom. The summed E-state index contributed by atoms with van der Waals surface area (Å²) in [6.45, 7) is 4.48. The van der Waals surface area contributed by atoms with Crippen LogP contribution in [0.3, 0.4) is 0 Å². The molecule has 0 fully saturated rings. The van der Waals surface area contributed by atoms with Crippen LogP contribution in [0.4, 0.5) is 4.39 Å². The number of aromatic nitrogens is 1. The molecule has 0 aliphatic heterocycles. The van der Waals surface area contributed by atoms with Gasteiger partial charge in [-0.05, 0) is 48.8 Å². The summed E-state index contributed by atoms with van der Waals surface area (Å²) in [5.41, 5.74) is 1.29. The van der Waals surface area contributed by atoms with Gasteiger partial charge in [-0.2, -0.15) is 0 Å². The summed E-state index contributed by atoms with van der Waals surface area (Å²) in [6.07, 6.45) is 0.520. The minimum Gasteiger partial charge on any atom is -0.494 e. The van der Waals surface area contributed by atoms with Crippen LogP contribution in [-0.2, 0) is 6.42 Å². The Morgan fingerprint density at radius 3 is 2.69 bits per heavy atom. The van der Waals surface area contributed by atoms with Crippen LogP contribution in [0.5, 0.6) is 17.4 Å². The molecule has 0 aliphatic carbocycles. The quantitative estimate of drug-likeness (QED) is 0.670.